The van der Waals surface area contributed by atoms with Gasteiger partial charge in [0.05, 0.1) is 23.7 Å². The fourth-order valence-corrected chi connectivity index (χ4v) is 9.41. The third-order valence-electron chi connectivity index (χ3n) is 11.9. The maximum Gasteiger partial charge on any atom is 0.241 e. The molecule has 63 heavy (non-hydrogen) atoms. The summed E-state index contributed by atoms with van der Waals surface area (Å²) in [6.07, 6.45) is 2.72. The Balaban J connectivity index is 0.975. The summed E-state index contributed by atoms with van der Waals surface area (Å²) in [6, 6.07) is 40.8. The van der Waals surface area contributed by atoms with Crippen molar-refractivity contribution in [1.29, 1.82) is 0 Å². The van der Waals surface area contributed by atoms with Crippen LogP contribution in [0.2, 0.25) is 0 Å². The fraction of sp³-hybridized carbons (Fsp3) is 0.300. The fourth-order valence-electron chi connectivity index (χ4n) is 8.22. The van der Waals surface area contributed by atoms with Gasteiger partial charge in [-0.05, 0) is 77.1 Å². The summed E-state index contributed by atoms with van der Waals surface area (Å²) in [5.74, 6) is 0.364. The monoisotopic (exact) mass is 866 g/mol. The summed E-state index contributed by atoms with van der Waals surface area (Å²) in [5, 5.41) is 12.7. The molecule has 1 amide bonds. The van der Waals surface area contributed by atoms with Crippen molar-refractivity contribution in [2.75, 3.05) is 37.6 Å². The number of hydrogen-bond donors (Lipinski definition) is 3. The van der Waals surface area contributed by atoms with Crippen LogP contribution in [0.25, 0.3) is 11.1 Å². The number of piperazine rings is 1. The van der Waals surface area contributed by atoms with Gasteiger partial charge in [0.15, 0.2) is 6.29 Å². The van der Waals surface area contributed by atoms with Crippen molar-refractivity contribution in [3.8, 4) is 11.1 Å². The maximum absolute atomic E-state index is 13.8. The van der Waals surface area contributed by atoms with Gasteiger partial charge in [-0.25, -0.2) is 18.4 Å². The van der Waals surface area contributed by atoms with Gasteiger partial charge in [0.2, 0.25) is 21.9 Å². The lowest BCUT2D eigenvalue weighted by Gasteiger charge is -2.44. The lowest BCUT2D eigenvalue weighted by atomic mass is 9.89. The maximum atomic E-state index is 13.8. The van der Waals surface area contributed by atoms with Gasteiger partial charge in [0, 0.05) is 63.1 Å². The number of aromatic nitrogens is 2. The number of amides is 1. The van der Waals surface area contributed by atoms with Gasteiger partial charge in [0.25, 0.3) is 0 Å². The van der Waals surface area contributed by atoms with E-state index in [2.05, 4.69) is 42.8 Å². The molecule has 12 nitrogen and oxygen atoms in total. The van der Waals surface area contributed by atoms with Gasteiger partial charge in [0.1, 0.15) is 6.04 Å². The number of aliphatic hydroxyl groups is 1. The average Bonchev–Trinajstić information content (AvgIpc) is 3.32. The normalized spacial score (nSPS) is 20.0. The second kappa shape index (κ2) is 20.1. The smallest absolute Gasteiger partial charge is 0.241 e. The van der Waals surface area contributed by atoms with Crippen LogP contribution >= 0.6 is 0 Å². The molecular formula is C50H54N6O6S. The number of hydrogen-bond acceptors (Lipinski definition) is 10. The predicted octanol–water partition coefficient (Wildman–Crippen LogP) is 6.76. The molecule has 5 unspecified atom stereocenters. The molecule has 5 aromatic carbocycles. The van der Waals surface area contributed by atoms with Crippen LogP contribution < -0.4 is 14.9 Å². The lowest BCUT2D eigenvalue weighted by molar-refractivity contribution is -0.276. The number of aryl methyl sites for hydroxylation is 1. The first-order valence-electron chi connectivity index (χ1n) is 21.5. The molecule has 5 atom stereocenters. The molecule has 8 rings (SSSR count). The minimum absolute atomic E-state index is 0.0269. The van der Waals surface area contributed by atoms with Crippen molar-refractivity contribution in [3.05, 3.63) is 179 Å². The number of ether oxygens (including phenoxy) is 2. The van der Waals surface area contributed by atoms with Crippen LogP contribution in [-0.4, -0.2) is 79.2 Å². The molecule has 0 radical (unpaired) electrons. The van der Waals surface area contributed by atoms with E-state index in [4.69, 9.17) is 9.47 Å². The summed E-state index contributed by atoms with van der Waals surface area (Å²) >= 11 is 0. The second-order valence-corrected chi connectivity index (χ2v) is 18.1. The predicted molar refractivity (Wildman–Crippen MR) is 243 cm³/mol. The highest BCUT2D eigenvalue weighted by Crippen LogP contribution is 2.42. The molecule has 0 saturated carbocycles. The Hall–Kier alpha value is -5.80. The minimum atomic E-state index is -3.98. The SMILES string of the molecule is Cc1ccc(S(=O)(=O)NC(Cc2ccccc2)C(=O)NCc2cccc(-c3cccc(C4OC(CN5CCN(c6ncccn6)CC5)C(C)C(c5ccc(CO)cc5)O4)c3)c2)cc1. The number of carbonyl (C=O) groups excluding carboxylic acids is 1. The first-order chi connectivity index (χ1) is 30.6. The molecule has 1 aromatic heterocycles. The Morgan fingerprint density at radius 3 is 2.16 bits per heavy atom. The molecule has 0 spiro atoms. The van der Waals surface area contributed by atoms with Crippen molar-refractivity contribution in [1.82, 2.24) is 24.9 Å². The molecule has 3 N–H and O–H groups in total. The van der Waals surface area contributed by atoms with Crippen LogP contribution in [0.4, 0.5) is 5.95 Å². The van der Waals surface area contributed by atoms with E-state index in [1.165, 1.54) is 0 Å². The van der Waals surface area contributed by atoms with Gasteiger partial charge >= 0.3 is 0 Å². The largest absolute Gasteiger partial charge is 0.392 e. The Morgan fingerprint density at radius 1 is 0.762 bits per heavy atom. The number of rotatable bonds is 15. The Kier molecular flexibility index (Phi) is 14.0. The van der Waals surface area contributed by atoms with E-state index in [-0.39, 0.29) is 42.6 Å². The lowest BCUT2D eigenvalue weighted by Crippen LogP contribution is -2.51. The second-order valence-electron chi connectivity index (χ2n) is 16.4. The van der Waals surface area contributed by atoms with Crippen molar-refractivity contribution < 1.29 is 27.8 Å². The molecule has 2 aliphatic heterocycles. The van der Waals surface area contributed by atoms with Crippen LogP contribution in [-0.2, 0) is 43.9 Å². The van der Waals surface area contributed by atoms with E-state index >= 15 is 0 Å². The van der Waals surface area contributed by atoms with Crippen LogP contribution in [0.15, 0.2) is 151 Å². The number of carbonyl (C=O) groups is 1. The Morgan fingerprint density at radius 2 is 1.44 bits per heavy atom. The van der Waals surface area contributed by atoms with Crippen molar-refractivity contribution >= 4 is 21.9 Å². The van der Waals surface area contributed by atoms with Gasteiger partial charge in [-0.15, -0.1) is 0 Å². The zero-order valence-corrected chi connectivity index (χ0v) is 36.4. The number of nitrogens with one attached hydrogen (secondary N) is 2. The summed E-state index contributed by atoms with van der Waals surface area (Å²) in [6.45, 7) is 8.34. The van der Waals surface area contributed by atoms with Crippen LogP contribution in [0, 0.1) is 12.8 Å². The molecule has 0 aliphatic carbocycles. The quantitative estimate of drug-likeness (QED) is 0.101. The van der Waals surface area contributed by atoms with E-state index in [0.717, 1.165) is 83.2 Å². The Labute approximate surface area is 370 Å². The molecule has 2 fully saturated rings. The van der Waals surface area contributed by atoms with Crippen molar-refractivity contribution in [2.45, 2.75) is 62.9 Å². The minimum Gasteiger partial charge on any atom is -0.392 e. The number of aliphatic hydroxyl groups excluding tert-OH is 1. The van der Waals surface area contributed by atoms with Crippen LogP contribution in [0.5, 0.6) is 0 Å². The number of anilines is 1. The summed E-state index contributed by atoms with van der Waals surface area (Å²) < 4.78 is 43.2. The highest BCUT2D eigenvalue weighted by atomic mass is 32.2. The van der Waals surface area contributed by atoms with E-state index < -0.39 is 28.3 Å². The van der Waals surface area contributed by atoms with Crippen LogP contribution in [0.1, 0.15) is 52.7 Å². The number of benzene rings is 5. The van der Waals surface area contributed by atoms with E-state index in [0.29, 0.717) is 0 Å². The average molecular weight is 867 g/mol. The first-order valence-corrected chi connectivity index (χ1v) is 22.9. The van der Waals surface area contributed by atoms with E-state index in [1.807, 2.05) is 110 Å². The van der Waals surface area contributed by atoms with Gasteiger partial charge in [-0.2, -0.15) is 4.72 Å². The summed E-state index contributed by atoms with van der Waals surface area (Å²) in [7, 11) is -3.98. The zero-order chi connectivity index (χ0) is 43.8. The molecular weight excluding hydrogens is 813 g/mol. The molecule has 13 heteroatoms. The summed E-state index contributed by atoms with van der Waals surface area (Å²) in [5.41, 5.74) is 7.29. The summed E-state index contributed by atoms with van der Waals surface area (Å²) in [4.78, 5) is 27.4. The molecule has 2 saturated heterocycles. The van der Waals surface area contributed by atoms with E-state index in [9.17, 15) is 18.3 Å². The van der Waals surface area contributed by atoms with Crippen LogP contribution in [0.3, 0.4) is 0 Å². The molecule has 3 heterocycles. The molecule has 326 valence electrons. The topological polar surface area (TPSA) is 146 Å². The molecule has 0 bridgehead atoms. The van der Waals surface area contributed by atoms with Crippen molar-refractivity contribution in [2.24, 2.45) is 5.92 Å². The first kappa shape index (κ1) is 43.8. The zero-order valence-electron chi connectivity index (χ0n) is 35.6. The molecule has 2 aliphatic rings. The van der Waals surface area contributed by atoms with E-state index in [1.54, 1.807) is 36.7 Å². The van der Waals surface area contributed by atoms with Gasteiger partial charge in [-0.1, -0.05) is 116 Å². The standard InChI is InChI=1S/C50H54N6O6S/c1-35-15-21-44(22-16-35)63(59,60)54-45(30-37-9-4-3-5-10-37)48(58)53-32-39-11-6-12-41(29-39)42-13-7-14-43(31-42)49-61-46(36(2)47(62-49)40-19-17-38(34-57)18-20-40)33-55-25-27-56(28-26-55)50-51-23-8-24-52-50/h3-24,29,31,36,45-47,49,54,57H,25-28,30,32-34H2,1-2H3,(H,53,58). The third-order valence-corrected chi connectivity index (χ3v) is 13.4. The molecule has 6 aromatic rings. The Bertz CT molecular complexity index is 2540. The third kappa shape index (κ3) is 11.1. The number of sulfonamides is 1. The highest BCUT2D eigenvalue weighted by Gasteiger charge is 2.39. The van der Waals surface area contributed by atoms with Crippen molar-refractivity contribution in [3.63, 3.8) is 0 Å². The highest BCUT2D eigenvalue weighted by molar-refractivity contribution is 7.89. The number of nitrogens with zero attached hydrogens (tertiary/aromatic N) is 4. The van der Waals surface area contributed by atoms with Gasteiger partial charge < -0.3 is 24.8 Å². The van der Waals surface area contributed by atoms with Gasteiger partial charge in [-0.3, -0.25) is 9.69 Å².